The van der Waals surface area contributed by atoms with Crippen LogP contribution >= 0.6 is 0 Å². The van der Waals surface area contributed by atoms with Crippen molar-refractivity contribution < 1.29 is 9.18 Å². The van der Waals surface area contributed by atoms with Crippen molar-refractivity contribution >= 4 is 5.91 Å². The number of nitrogens with one attached hydrogen (secondary N) is 1. The summed E-state index contributed by atoms with van der Waals surface area (Å²) in [5.74, 6) is -0.463. The fourth-order valence-corrected chi connectivity index (χ4v) is 1.67. The molecule has 3 N–H and O–H groups in total. The molecule has 0 aliphatic heterocycles. The minimum absolute atomic E-state index is 0.200. The summed E-state index contributed by atoms with van der Waals surface area (Å²) >= 11 is 0. The smallest absolute Gasteiger partial charge is 0.248 e. The molecular formula is C14H21FN2O. The summed E-state index contributed by atoms with van der Waals surface area (Å²) in [6.45, 7) is 6.83. The van der Waals surface area contributed by atoms with Gasteiger partial charge in [0, 0.05) is 23.7 Å². The van der Waals surface area contributed by atoms with E-state index in [0.717, 1.165) is 6.42 Å². The standard InChI is InChI=1S/C14H21FN2O/c1-4-9(2)10(3)17-8-12-6-5-11(14(16)18)7-13(12)15/h5-7,9-10,17H,4,8H2,1-3H3,(H2,16,18). The number of carbonyl (C=O) groups excluding carboxylic acids is 1. The Labute approximate surface area is 108 Å². The molecule has 0 fully saturated rings. The van der Waals surface area contributed by atoms with E-state index in [4.69, 9.17) is 5.73 Å². The van der Waals surface area contributed by atoms with Gasteiger partial charge in [0.25, 0.3) is 0 Å². The molecule has 1 amide bonds. The molecule has 2 unspecified atom stereocenters. The fraction of sp³-hybridized carbons (Fsp3) is 0.500. The molecule has 0 saturated heterocycles. The van der Waals surface area contributed by atoms with Crippen molar-refractivity contribution in [1.29, 1.82) is 0 Å². The lowest BCUT2D eigenvalue weighted by molar-refractivity contribution is 0.1000. The summed E-state index contributed by atoms with van der Waals surface area (Å²) in [5.41, 5.74) is 5.84. The summed E-state index contributed by atoms with van der Waals surface area (Å²) < 4.78 is 13.7. The van der Waals surface area contributed by atoms with E-state index in [2.05, 4.69) is 26.1 Å². The Kier molecular flexibility index (Phi) is 5.28. The second-order valence-corrected chi connectivity index (χ2v) is 4.73. The molecule has 4 heteroatoms. The first-order chi connectivity index (χ1) is 8.45. The van der Waals surface area contributed by atoms with Crippen LogP contribution in [0.1, 0.15) is 43.1 Å². The van der Waals surface area contributed by atoms with Gasteiger partial charge >= 0.3 is 0 Å². The topological polar surface area (TPSA) is 55.1 Å². The van der Waals surface area contributed by atoms with Gasteiger partial charge in [-0.05, 0) is 25.0 Å². The third-order valence-electron chi connectivity index (χ3n) is 3.45. The first kappa shape index (κ1) is 14.6. The average molecular weight is 252 g/mol. The maximum absolute atomic E-state index is 13.7. The molecule has 0 radical (unpaired) electrons. The van der Waals surface area contributed by atoms with Crippen LogP contribution in [0.4, 0.5) is 4.39 Å². The number of nitrogens with two attached hydrogens (primary N) is 1. The van der Waals surface area contributed by atoms with Crippen LogP contribution in [0.2, 0.25) is 0 Å². The molecule has 0 heterocycles. The van der Waals surface area contributed by atoms with Crippen LogP contribution < -0.4 is 11.1 Å². The van der Waals surface area contributed by atoms with Crippen molar-refractivity contribution in [3.05, 3.63) is 35.1 Å². The Balaban J connectivity index is 2.66. The van der Waals surface area contributed by atoms with Crippen molar-refractivity contribution in [3.8, 4) is 0 Å². The molecule has 1 aromatic carbocycles. The quantitative estimate of drug-likeness (QED) is 0.817. The minimum Gasteiger partial charge on any atom is -0.366 e. The normalized spacial score (nSPS) is 14.2. The summed E-state index contributed by atoms with van der Waals surface area (Å²) in [5, 5.41) is 3.28. The Morgan fingerprint density at radius 1 is 1.44 bits per heavy atom. The van der Waals surface area contributed by atoms with Crippen LogP contribution in [0, 0.1) is 11.7 Å². The lowest BCUT2D eigenvalue weighted by atomic mass is 10.0. The van der Waals surface area contributed by atoms with E-state index in [9.17, 15) is 9.18 Å². The summed E-state index contributed by atoms with van der Waals surface area (Å²) in [6, 6.07) is 4.67. The second kappa shape index (κ2) is 6.50. The number of hydrogen-bond acceptors (Lipinski definition) is 2. The first-order valence-corrected chi connectivity index (χ1v) is 6.27. The van der Waals surface area contributed by atoms with Crippen molar-refractivity contribution in [1.82, 2.24) is 5.32 Å². The van der Waals surface area contributed by atoms with Crippen molar-refractivity contribution in [3.63, 3.8) is 0 Å². The maximum Gasteiger partial charge on any atom is 0.248 e. The Bertz CT molecular complexity index is 420. The molecule has 2 atom stereocenters. The highest BCUT2D eigenvalue weighted by Gasteiger charge is 2.11. The van der Waals surface area contributed by atoms with E-state index >= 15 is 0 Å². The Morgan fingerprint density at radius 3 is 2.61 bits per heavy atom. The van der Waals surface area contributed by atoms with Crippen LogP contribution in [-0.4, -0.2) is 11.9 Å². The first-order valence-electron chi connectivity index (χ1n) is 6.27. The van der Waals surface area contributed by atoms with Gasteiger partial charge in [-0.1, -0.05) is 26.3 Å². The molecule has 0 saturated carbocycles. The van der Waals surface area contributed by atoms with Gasteiger partial charge in [0.1, 0.15) is 5.82 Å². The number of halogens is 1. The third-order valence-corrected chi connectivity index (χ3v) is 3.45. The van der Waals surface area contributed by atoms with Crippen molar-refractivity contribution in [2.75, 3.05) is 0 Å². The van der Waals surface area contributed by atoms with Crippen molar-refractivity contribution in [2.45, 2.75) is 39.8 Å². The highest BCUT2D eigenvalue weighted by molar-refractivity contribution is 5.92. The average Bonchev–Trinajstić information content (AvgIpc) is 2.35. The van der Waals surface area contributed by atoms with E-state index in [1.807, 2.05) is 0 Å². The van der Waals surface area contributed by atoms with Gasteiger partial charge in [0.05, 0.1) is 0 Å². The van der Waals surface area contributed by atoms with E-state index < -0.39 is 11.7 Å². The zero-order valence-corrected chi connectivity index (χ0v) is 11.2. The molecule has 1 rings (SSSR count). The molecule has 0 spiro atoms. The Morgan fingerprint density at radius 2 is 2.11 bits per heavy atom. The van der Waals surface area contributed by atoms with Crippen LogP contribution in [0.3, 0.4) is 0 Å². The number of hydrogen-bond donors (Lipinski definition) is 2. The third kappa shape index (κ3) is 3.81. The highest BCUT2D eigenvalue weighted by atomic mass is 19.1. The molecule has 0 aliphatic carbocycles. The SMILES string of the molecule is CCC(C)C(C)NCc1ccc(C(N)=O)cc1F. The van der Waals surface area contributed by atoms with Gasteiger partial charge in [-0.25, -0.2) is 4.39 Å². The number of carbonyl (C=O) groups is 1. The molecule has 18 heavy (non-hydrogen) atoms. The Hall–Kier alpha value is -1.42. The van der Waals surface area contributed by atoms with Gasteiger partial charge < -0.3 is 11.1 Å². The van der Waals surface area contributed by atoms with E-state index in [1.165, 1.54) is 6.07 Å². The van der Waals surface area contributed by atoms with Gasteiger partial charge in [-0.2, -0.15) is 0 Å². The van der Waals surface area contributed by atoms with Crippen LogP contribution in [0.15, 0.2) is 18.2 Å². The van der Waals surface area contributed by atoms with Crippen LogP contribution in [0.25, 0.3) is 0 Å². The largest absolute Gasteiger partial charge is 0.366 e. The summed E-state index contributed by atoms with van der Waals surface area (Å²) in [4.78, 5) is 10.9. The molecule has 1 aromatic rings. The predicted molar refractivity (Wildman–Crippen MR) is 70.7 cm³/mol. The van der Waals surface area contributed by atoms with E-state index in [0.29, 0.717) is 24.1 Å². The van der Waals surface area contributed by atoms with Gasteiger partial charge in [-0.15, -0.1) is 0 Å². The lowest BCUT2D eigenvalue weighted by Crippen LogP contribution is -2.31. The van der Waals surface area contributed by atoms with Gasteiger partial charge in [0.15, 0.2) is 0 Å². The van der Waals surface area contributed by atoms with Crippen LogP contribution in [0.5, 0.6) is 0 Å². The summed E-state index contributed by atoms with van der Waals surface area (Å²) in [6.07, 6.45) is 1.08. The molecule has 0 aromatic heterocycles. The minimum atomic E-state index is -0.610. The zero-order chi connectivity index (χ0) is 13.7. The molecule has 3 nitrogen and oxygen atoms in total. The lowest BCUT2D eigenvalue weighted by Gasteiger charge is -2.20. The monoisotopic (exact) mass is 252 g/mol. The second-order valence-electron chi connectivity index (χ2n) is 4.73. The zero-order valence-electron chi connectivity index (χ0n) is 11.2. The number of amides is 1. The van der Waals surface area contributed by atoms with Crippen molar-refractivity contribution in [2.24, 2.45) is 11.7 Å². The predicted octanol–water partition coefficient (Wildman–Crippen LogP) is 2.45. The highest BCUT2D eigenvalue weighted by Crippen LogP contribution is 2.12. The molecular weight excluding hydrogens is 231 g/mol. The van der Waals surface area contributed by atoms with Gasteiger partial charge in [0.2, 0.25) is 5.91 Å². The maximum atomic E-state index is 13.7. The van der Waals surface area contributed by atoms with Crippen LogP contribution in [-0.2, 0) is 6.54 Å². The van der Waals surface area contributed by atoms with E-state index in [-0.39, 0.29) is 5.56 Å². The molecule has 0 bridgehead atoms. The van der Waals surface area contributed by atoms with E-state index in [1.54, 1.807) is 12.1 Å². The molecule has 100 valence electrons. The number of primary amides is 1. The van der Waals surface area contributed by atoms with Gasteiger partial charge in [-0.3, -0.25) is 4.79 Å². The number of rotatable bonds is 6. The molecule has 0 aliphatic rings. The number of benzene rings is 1. The fourth-order valence-electron chi connectivity index (χ4n) is 1.67. The summed E-state index contributed by atoms with van der Waals surface area (Å²) in [7, 11) is 0.